The summed E-state index contributed by atoms with van der Waals surface area (Å²) in [5.41, 5.74) is 6.29. The van der Waals surface area contributed by atoms with Crippen LogP contribution in [0.1, 0.15) is 68.6 Å². The zero-order valence-corrected chi connectivity index (χ0v) is 11.4. The molecule has 2 fully saturated rings. The van der Waals surface area contributed by atoms with E-state index < -0.39 is 0 Å². The van der Waals surface area contributed by atoms with Crippen molar-refractivity contribution in [3.8, 4) is 0 Å². The summed E-state index contributed by atoms with van der Waals surface area (Å²) in [4.78, 5) is 4.55. The van der Waals surface area contributed by atoms with E-state index >= 15 is 0 Å². The number of rotatable bonds is 3. The zero-order valence-electron chi connectivity index (χ0n) is 11.4. The highest BCUT2D eigenvalue weighted by molar-refractivity contribution is 5.00. The zero-order chi connectivity index (χ0) is 13.1. The molecule has 106 valence electrons. The first kappa shape index (κ1) is 13.1. The highest BCUT2D eigenvalue weighted by Crippen LogP contribution is 2.33. The van der Waals surface area contributed by atoms with E-state index in [1.54, 1.807) is 0 Å². The van der Waals surface area contributed by atoms with Crippen LogP contribution in [0.5, 0.6) is 0 Å². The standard InChI is InChI=1S/C14H23N3O2/c15-12(10-4-2-1-3-5-10)14-16-13(17-19-14)11-6-8-18-9-7-11/h10-12H,1-9,15H2. The Hall–Kier alpha value is -0.940. The molecule has 1 saturated carbocycles. The third-order valence-electron chi connectivity index (χ3n) is 4.49. The molecule has 1 atom stereocenters. The molecule has 3 rings (SSSR count). The van der Waals surface area contributed by atoms with Crippen molar-refractivity contribution in [2.75, 3.05) is 13.2 Å². The number of nitrogens with two attached hydrogens (primary N) is 1. The van der Waals surface area contributed by atoms with Crippen LogP contribution in [0.2, 0.25) is 0 Å². The number of hydrogen-bond donors (Lipinski definition) is 1. The maximum Gasteiger partial charge on any atom is 0.243 e. The molecule has 1 saturated heterocycles. The first-order valence-corrected chi connectivity index (χ1v) is 7.51. The van der Waals surface area contributed by atoms with E-state index in [-0.39, 0.29) is 6.04 Å². The lowest BCUT2D eigenvalue weighted by Crippen LogP contribution is -2.24. The fraction of sp³-hybridized carbons (Fsp3) is 0.857. The lowest BCUT2D eigenvalue weighted by atomic mass is 9.84. The predicted molar refractivity (Wildman–Crippen MR) is 70.6 cm³/mol. The van der Waals surface area contributed by atoms with Gasteiger partial charge in [0, 0.05) is 19.1 Å². The number of hydrogen-bond acceptors (Lipinski definition) is 5. The molecule has 0 bridgehead atoms. The van der Waals surface area contributed by atoms with Crippen LogP contribution >= 0.6 is 0 Å². The van der Waals surface area contributed by atoms with Gasteiger partial charge in [-0.3, -0.25) is 0 Å². The summed E-state index contributed by atoms with van der Waals surface area (Å²) in [6, 6.07) is -0.0820. The van der Waals surface area contributed by atoms with E-state index in [1.165, 1.54) is 32.1 Å². The van der Waals surface area contributed by atoms with Crippen LogP contribution in [0, 0.1) is 5.92 Å². The SMILES string of the molecule is NC(c1nc(C2CCOCC2)no1)C1CCCCC1. The fourth-order valence-corrected chi connectivity index (χ4v) is 3.20. The molecular weight excluding hydrogens is 242 g/mol. The molecular formula is C14H23N3O2. The molecule has 1 aromatic rings. The van der Waals surface area contributed by atoms with Gasteiger partial charge in [-0.2, -0.15) is 4.98 Å². The quantitative estimate of drug-likeness (QED) is 0.909. The van der Waals surface area contributed by atoms with Crippen LogP contribution < -0.4 is 5.73 Å². The molecule has 1 aromatic heterocycles. The summed E-state index contributed by atoms with van der Waals surface area (Å²) in [6.07, 6.45) is 8.24. The van der Waals surface area contributed by atoms with Crippen LogP contribution in [0.25, 0.3) is 0 Å². The van der Waals surface area contributed by atoms with Crippen molar-refractivity contribution in [3.63, 3.8) is 0 Å². The Morgan fingerprint density at radius 1 is 1.05 bits per heavy atom. The summed E-state index contributed by atoms with van der Waals surface area (Å²) in [5.74, 6) is 2.35. The molecule has 0 aromatic carbocycles. The van der Waals surface area contributed by atoms with Gasteiger partial charge in [-0.05, 0) is 31.6 Å². The Morgan fingerprint density at radius 2 is 1.79 bits per heavy atom. The van der Waals surface area contributed by atoms with Crippen molar-refractivity contribution < 1.29 is 9.26 Å². The van der Waals surface area contributed by atoms with Gasteiger partial charge in [0.05, 0.1) is 6.04 Å². The van der Waals surface area contributed by atoms with Gasteiger partial charge in [0.15, 0.2) is 5.82 Å². The predicted octanol–water partition coefficient (Wildman–Crippen LogP) is 2.54. The molecule has 1 unspecified atom stereocenters. The van der Waals surface area contributed by atoms with E-state index in [0.29, 0.717) is 17.7 Å². The first-order valence-electron chi connectivity index (χ1n) is 7.51. The van der Waals surface area contributed by atoms with E-state index in [0.717, 1.165) is 31.9 Å². The largest absolute Gasteiger partial charge is 0.381 e. The molecule has 2 aliphatic rings. The molecule has 2 N–H and O–H groups in total. The second-order valence-corrected chi connectivity index (χ2v) is 5.80. The average Bonchev–Trinajstić information content (AvgIpc) is 2.98. The van der Waals surface area contributed by atoms with Crippen molar-refractivity contribution >= 4 is 0 Å². The third-order valence-corrected chi connectivity index (χ3v) is 4.49. The van der Waals surface area contributed by atoms with Crippen LogP contribution in [0.3, 0.4) is 0 Å². The number of nitrogens with zero attached hydrogens (tertiary/aromatic N) is 2. The summed E-state index contributed by atoms with van der Waals surface area (Å²) >= 11 is 0. The summed E-state index contributed by atoms with van der Waals surface area (Å²) in [6.45, 7) is 1.59. The van der Waals surface area contributed by atoms with Crippen molar-refractivity contribution in [1.29, 1.82) is 0 Å². The van der Waals surface area contributed by atoms with Gasteiger partial charge >= 0.3 is 0 Å². The third kappa shape index (κ3) is 2.98. The van der Waals surface area contributed by atoms with Gasteiger partial charge in [0.1, 0.15) is 0 Å². The monoisotopic (exact) mass is 265 g/mol. The minimum atomic E-state index is -0.0820. The topological polar surface area (TPSA) is 74.2 Å². The van der Waals surface area contributed by atoms with Gasteiger partial charge in [0.2, 0.25) is 5.89 Å². The summed E-state index contributed by atoms with van der Waals surface area (Å²) in [5, 5.41) is 4.13. The Morgan fingerprint density at radius 3 is 2.53 bits per heavy atom. The van der Waals surface area contributed by atoms with E-state index in [9.17, 15) is 0 Å². The van der Waals surface area contributed by atoms with E-state index in [2.05, 4.69) is 10.1 Å². The Balaban J connectivity index is 1.65. The van der Waals surface area contributed by atoms with Crippen LogP contribution in [-0.2, 0) is 4.74 Å². The van der Waals surface area contributed by atoms with Crippen LogP contribution in [0.15, 0.2) is 4.52 Å². The van der Waals surface area contributed by atoms with Crippen LogP contribution in [-0.4, -0.2) is 23.4 Å². The van der Waals surface area contributed by atoms with Gasteiger partial charge < -0.3 is 15.0 Å². The average molecular weight is 265 g/mol. The molecule has 5 heteroatoms. The fourth-order valence-electron chi connectivity index (χ4n) is 3.20. The van der Waals surface area contributed by atoms with Gasteiger partial charge in [-0.25, -0.2) is 0 Å². The number of aromatic nitrogens is 2. The van der Waals surface area contributed by atoms with Crippen LogP contribution in [0.4, 0.5) is 0 Å². The van der Waals surface area contributed by atoms with Gasteiger partial charge in [0.25, 0.3) is 0 Å². The summed E-state index contributed by atoms with van der Waals surface area (Å²) in [7, 11) is 0. The molecule has 0 radical (unpaired) electrons. The van der Waals surface area contributed by atoms with Crippen molar-refractivity contribution in [3.05, 3.63) is 11.7 Å². The Kier molecular flexibility index (Phi) is 4.13. The second-order valence-electron chi connectivity index (χ2n) is 5.80. The molecule has 1 aliphatic carbocycles. The maximum atomic E-state index is 6.29. The van der Waals surface area contributed by atoms with Crippen molar-refractivity contribution in [2.24, 2.45) is 11.7 Å². The molecule has 2 heterocycles. The molecule has 5 nitrogen and oxygen atoms in total. The second kappa shape index (κ2) is 6.01. The van der Waals surface area contributed by atoms with E-state index in [4.69, 9.17) is 15.0 Å². The smallest absolute Gasteiger partial charge is 0.243 e. The van der Waals surface area contributed by atoms with Crippen molar-refractivity contribution in [1.82, 2.24) is 10.1 Å². The highest BCUT2D eigenvalue weighted by Gasteiger charge is 2.28. The maximum absolute atomic E-state index is 6.29. The van der Waals surface area contributed by atoms with Gasteiger partial charge in [-0.15, -0.1) is 0 Å². The normalized spacial score (nSPS) is 24.5. The Bertz CT molecular complexity index is 395. The molecule has 0 spiro atoms. The first-order chi connectivity index (χ1) is 9.34. The lowest BCUT2D eigenvalue weighted by molar-refractivity contribution is 0.0830. The Labute approximate surface area is 113 Å². The molecule has 0 amide bonds. The minimum Gasteiger partial charge on any atom is -0.381 e. The van der Waals surface area contributed by atoms with E-state index in [1.807, 2.05) is 0 Å². The molecule has 1 aliphatic heterocycles. The highest BCUT2D eigenvalue weighted by atomic mass is 16.5. The van der Waals surface area contributed by atoms with Crippen molar-refractivity contribution in [2.45, 2.75) is 56.9 Å². The minimum absolute atomic E-state index is 0.0820. The van der Waals surface area contributed by atoms with Gasteiger partial charge in [-0.1, -0.05) is 24.4 Å². The number of ether oxygens (including phenoxy) is 1. The summed E-state index contributed by atoms with van der Waals surface area (Å²) < 4.78 is 10.8. The lowest BCUT2D eigenvalue weighted by Gasteiger charge is -2.24. The molecule has 19 heavy (non-hydrogen) atoms.